The van der Waals surface area contributed by atoms with Crippen molar-refractivity contribution in [2.75, 3.05) is 36.5 Å². The Labute approximate surface area is 178 Å². The van der Waals surface area contributed by atoms with Crippen LogP contribution in [0.15, 0.2) is 54.6 Å². The van der Waals surface area contributed by atoms with Gasteiger partial charge in [0.2, 0.25) is 0 Å². The fourth-order valence-electron chi connectivity index (χ4n) is 3.08. The number of benzene rings is 2. The highest BCUT2D eigenvalue weighted by Gasteiger charge is 2.13. The Kier molecular flexibility index (Phi) is 5.94. The second kappa shape index (κ2) is 8.78. The van der Waals surface area contributed by atoms with Crippen LogP contribution in [0.25, 0.3) is 11.3 Å². The van der Waals surface area contributed by atoms with Crippen LogP contribution in [0.1, 0.15) is 10.4 Å². The van der Waals surface area contributed by atoms with E-state index in [-0.39, 0.29) is 5.91 Å². The molecule has 0 atom stereocenters. The Balaban J connectivity index is 1.50. The summed E-state index contributed by atoms with van der Waals surface area (Å²) in [5, 5.41) is 12.4. The molecule has 1 N–H and O–H groups in total. The molecule has 0 aliphatic carbocycles. The molecule has 0 saturated carbocycles. The minimum Gasteiger partial charge on any atom is -0.378 e. The smallest absolute Gasteiger partial charge is 0.255 e. The number of nitrogens with one attached hydrogen (secondary N) is 1. The van der Waals surface area contributed by atoms with Crippen LogP contribution in [-0.4, -0.2) is 42.4 Å². The highest BCUT2D eigenvalue weighted by atomic mass is 35.5. The fraction of sp³-hybridized carbons (Fsp3) is 0.190. The Morgan fingerprint density at radius 1 is 0.966 bits per heavy atom. The van der Waals surface area contributed by atoms with E-state index in [1.165, 1.54) is 0 Å². The van der Waals surface area contributed by atoms with E-state index in [1.807, 2.05) is 36.4 Å². The van der Waals surface area contributed by atoms with Crippen LogP contribution < -0.4 is 10.2 Å². The summed E-state index contributed by atoms with van der Waals surface area (Å²) in [5.41, 5.74) is 2.61. The molecule has 0 unspecified atom stereocenters. The number of amides is 1. The maximum absolute atomic E-state index is 12.5. The summed E-state index contributed by atoms with van der Waals surface area (Å²) >= 11 is 12.0. The van der Waals surface area contributed by atoms with Crippen molar-refractivity contribution < 1.29 is 9.53 Å². The van der Waals surface area contributed by atoms with E-state index in [9.17, 15) is 4.79 Å². The number of aromatic nitrogens is 2. The molecule has 29 heavy (non-hydrogen) atoms. The van der Waals surface area contributed by atoms with Gasteiger partial charge in [-0.2, -0.15) is 0 Å². The lowest BCUT2D eigenvalue weighted by Crippen LogP contribution is -2.36. The third kappa shape index (κ3) is 4.85. The molecule has 3 aromatic rings. The molecule has 1 aliphatic heterocycles. The molecule has 6 nitrogen and oxygen atoms in total. The number of carbonyl (C=O) groups is 1. The largest absolute Gasteiger partial charge is 0.378 e. The number of carbonyl (C=O) groups excluding carboxylic acids is 1. The standard InChI is InChI=1S/C21H18Cl2N4O2/c22-16-10-15(11-17(23)13-16)21(28)24-18-3-1-2-14(12-18)19-4-5-20(26-25-19)27-6-8-29-9-7-27/h1-5,10-13H,6-9H2,(H,24,28). The summed E-state index contributed by atoms with van der Waals surface area (Å²) in [5.74, 6) is 0.541. The Morgan fingerprint density at radius 3 is 2.41 bits per heavy atom. The van der Waals surface area contributed by atoms with Gasteiger partial charge < -0.3 is 15.0 Å². The van der Waals surface area contributed by atoms with E-state index in [2.05, 4.69) is 20.4 Å². The van der Waals surface area contributed by atoms with Gasteiger partial charge in [-0.05, 0) is 42.5 Å². The van der Waals surface area contributed by atoms with Crippen LogP contribution in [0.3, 0.4) is 0 Å². The van der Waals surface area contributed by atoms with E-state index >= 15 is 0 Å². The number of halogens is 2. The van der Waals surface area contributed by atoms with Gasteiger partial charge >= 0.3 is 0 Å². The van der Waals surface area contributed by atoms with Gasteiger partial charge in [0.25, 0.3) is 5.91 Å². The van der Waals surface area contributed by atoms with E-state index < -0.39 is 0 Å². The molecule has 2 aromatic carbocycles. The van der Waals surface area contributed by atoms with Crippen molar-refractivity contribution in [3.8, 4) is 11.3 Å². The fourth-order valence-corrected chi connectivity index (χ4v) is 3.61. The molecule has 0 radical (unpaired) electrons. The van der Waals surface area contributed by atoms with Crippen LogP contribution in [0.5, 0.6) is 0 Å². The minimum atomic E-state index is -0.291. The zero-order valence-corrected chi connectivity index (χ0v) is 17.0. The van der Waals surface area contributed by atoms with Gasteiger partial charge in [-0.3, -0.25) is 4.79 Å². The highest BCUT2D eigenvalue weighted by Crippen LogP contribution is 2.24. The lowest BCUT2D eigenvalue weighted by Gasteiger charge is -2.27. The SMILES string of the molecule is O=C(Nc1cccc(-c2ccc(N3CCOCC3)nn2)c1)c1cc(Cl)cc(Cl)c1. The lowest BCUT2D eigenvalue weighted by molar-refractivity contribution is 0.102. The first kappa shape index (κ1) is 19.6. The molecule has 1 fully saturated rings. The highest BCUT2D eigenvalue weighted by molar-refractivity contribution is 6.35. The number of morpholine rings is 1. The first-order chi connectivity index (χ1) is 14.1. The molecule has 148 valence electrons. The second-order valence-electron chi connectivity index (χ2n) is 6.57. The number of rotatable bonds is 4. The maximum atomic E-state index is 12.5. The summed E-state index contributed by atoms with van der Waals surface area (Å²) in [6, 6.07) is 16.0. The molecule has 1 saturated heterocycles. The van der Waals surface area contributed by atoms with Crippen molar-refractivity contribution in [2.45, 2.75) is 0 Å². The van der Waals surface area contributed by atoms with Crippen LogP contribution in [-0.2, 0) is 4.74 Å². The zero-order chi connectivity index (χ0) is 20.2. The lowest BCUT2D eigenvalue weighted by atomic mass is 10.1. The van der Waals surface area contributed by atoms with Crippen molar-refractivity contribution >= 4 is 40.6 Å². The molecule has 2 heterocycles. The van der Waals surface area contributed by atoms with E-state index in [1.54, 1.807) is 18.2 Å². The van der Waals surface area contributed by atoms with Crippen LogP contribution in [0.2, 0.25) is 10.0 Å². The molecule has 0 bridgehead atoms. The Bertz CT molecular complexity index is 1000. The molecule has 4 rings (SSSR count). The molecule has 0 spiro atoms. The average molecular weight is 429 g/mol. The minimum absolute atomic E-state index is 0.291. The number of hydrogen-bond acceptors (Lipinski definition) is 5. The molecule has 8 heteroatoms. The molecule has 1 aromatic heterocycles. The summed E-state index contributed by atoms with van der Waals surface area (Å²) in [7, 11) is 0. The summed E-state index contributed by atoms with van der Waals surface area (Å²) in [6.07, 6.45) is 0. The van der Waals surface area contributed by atoms with Crippen molar-refractivity contribution in [3.63, 3.8) is 0 Å². The van der Waals surface area contributed by atoms with Crippen molar-refractivity contribution in [1.29, 1.82) is 0 Å². The molecular formula is C21H18Cl2N4O2. The quantitative estimate of drug-likeness (QED) is 0.660. The predicted molar refractivity (Wildman–Crippen MR) is 115 cm³/mol. The molecular weight excluding hydrogens is 411 g/mol. The number of nitrogens with zero attached hydrogens (tertiary/aromatic N) is 3. The average Bonchev–Trinajstić information content (AvgIpc) is 2.74. The van der Waals surface area contributed by atoms with Crippen LogP contribution in [0.4, 0.5) is 11.5 Å². The van der Waals surface area contributed by atoms with Gasteiger partial charge in [-0.1, -0.05) is 35.3 Å². The van der Waals surface area contributed by atoms with Crippen molar-refractivity contribution in [1.82, 2.24) is 10.2 Å². The van der Waals surface area contributed by atoms with Gasteiger partial charge in [0.15, 0.2) is 5.82 Å². The molecule has 1 aliphatic rings. The van der Waals surface area contributed by atoms with Gasteiger partial charge in [0.05, 0.1) is 18.9 Å². The third-order valence-corrected chi connectivity index (χ3v) is 4.96. The molecule has 1 amide bonds. The first-order valence-electron chi connectivity index (χ1n) is 9.13. The number of ether oxygens (including phenoxy) is 1. The number of anilines is 2. The number of hydrogen-bond donors (Lipinski definition) is 1. The Hall–Kier alpha value is -2.67. The Morgan fingerprint density at radius 2 is 1.72 bits per heavy atom. The summed E-state index contributed by atoms with van der Waals surface area (Å²) in [4.78, 5) is 14.7. The van der Waals surface area contributed by atoms with Gasteiger partial charge in [0, 0.05) is 39.9 Å². The third-order valence-electron chi connectivity index (χ3n) is 4.53. The normalized spacial score (nSPS) is 13.9. The zero-order valence-electron chi connectivity index (χ0n) is 15.4. The van der Waals surface area contributed by atoms with Crippen LogP contribution >= 0.6 is 23.2 Å². The van der Waals surface area contributed by atoms with E-state index in [4.69, 9.17) is 27.9 Å². The predicted octanol–water partition coefficient (Wildman–Crippen LogP) is 4.54. The summed E-state index contributed by atoms with van der Waals surface area (Å²) in [6.45, 7) is 3.01. The van der Waals surface area contributed by atoms with Crippen molar-refractivity contribution in [3.05, 3.63) is 70.2 Å². The van der Waals surface area contributed by atoms with Gasteiger partial charge in [0.1, 0.15) is 0 Å². The monoisotopic (exact) mass is 428 g/mol. The van der Waals surface area contributed by atoms with E-state index in [0.29, 0.717) is 34.5 Å². The first-order valence-corrected chi connectivity index (χ1v) is 9.88. The van der Waals surface area contributed by atoms with Crippen LogP contribution in [0, 0.1) is 0 Å². The van der Waals surface area contributed by atoms with Gasteiger partial charge in [-0.15, -0.1) is 10.2 Å². The maximum Gasteiger partial charge on any atom is 0.255 e. The topological polar surface area (TPSA) is 67.4 Å². The second-order valence-corrected chi connectivity index (χ2v) is 7.44. The summed E-state index contributed by atoms with van der Waals surface area (Å²) < 4.78 is 5.37. The van der Waals surface area contributed by atoms with Crippen molar-refractivity contribution in [2.24, 2.45) is 0 Å². The van der Waals surface area contributed by atoms with Gasteiger partial charge in [-0.25, -0.2) is 0 Å². The van der Waals surface area contributed by atoms with E-state index in [0.717, 1.165) is 30.2 Å².